The van der Waals surface area contributed by atoms with Crippen LogP contribution in [0.15, 0.2) is 0 Å². The van der Waals surface area contributed by atoms with Crippen molar-refractivity contribution in [3.05, 3.63) is 0 Å². The molecule has 1 heterocycles. The summed E-state index contributed by atoms with van der Waals surface area (Å²) in [7, 11) is 0. The Morgan fingerprint density at radius 2 is 2.06 bits per heavy atom. The molecule has 0 unspecified atom stereocenters. The lowest BCUT2D eigenvalue weighted by molar-refractivity contribution is -0.147. The predicted octanol–water partition coefficient (Wildman–Crippen LogP) is 1.99. The Morgan fingerprint density at radius 1 is 1.29 bits per heavy atom. The normalized spacial score (nSPS) is 18.9. The molecule has 17 heavy (non-hydrogen) atoms. The standard InChI is InChI=1S/C13H25NO3/c1-13(2,12(15)16)6-3-4-7-14-8-5-10-17-11-9-14/h3-11H2,1-2H3,(H,15,16). The summed E-state index contributed by atoms with van der Waals surface area (Å²) in [6.45, 7) is 8.51. The lowest BCUT2D eigenvalue weighted by atomic mass is 9.87. The summed E-state index contributed by atoms with van der Waals surface area (Å²) < 4.78 is 5.40. The lowest BCUT2D eigenvalue weighted by Crippen LogP contribution is -2.28. The van der Waals surface area contributed by atoms with Crippen LogP contribution in [0.25, 0.3) is 0 Å². The van der Waals surface area contributed by atoms with Crippen molar-refractivity contribution >= 4 is 5.97 Å². The van der Waals surface area contributed by atoms with E-state index in [4.69, 9.17) is 9.84 Å². The van der Waals surface area contributed by atoms with E-state index in [-0.39, 0.29) is 0 Å². The molecule has 4 nitrogen and oxygen atoms in total. The van der Waals surface area contributed by atoms with E-state index < -0.39 is 11.4 Å². The Morgan fingerprint density at radius 3 is 2.76 bits per heavy atom. The van der Waals surface area contributed by atoms with Crippen molar-refractivity contribution in [2.45, 2.75) is 39.5 Å². The maximum absolute atomic E-state index is 10.9. The Balaban J connectivity index is 2.12. The van der Waals surface area contributed by atoms with Gasteiger partial charge in [-0.2, -0.15) is 0 Å². The Kier molecular flexibility index (Phi) is 5.92. The molecule has 0 aromatic carbocycles. The lowest BCUT2D eigenvalue weighted by Gasteiger charge is -2.21. The van der Waals surface area contributed by atoms with Gasteiger partial charge in [0.05, 0.1) is 12.0 Å². The van der Waals surface area contributed by atoms with Crippen LogP contribution in [0.2, 0.25) is 0 Å². The number of unbranched alkanes of at least 4 members (excludes halogenated alkanes) is 1. The third-order valence-corrected chi connectivity index (χ3v) is 3.42. The maximum atomic E-state index is 10.9. The van der Waals surface area contributed by atoms with Gasteiger partial charge in [-0.3, -0.25) is 4.79 Å². The second kappa shape index (κ2) is 6.97. The number of ether oxygens (including phenoxy) is 1. The molecule has 0 spiro atoms. The number of rotatable bonds is 6. The number of hydrogen-bond donors (Lipinski definition) is 1. The van der Waals surface area contributed by atoms with Crippen LogP contribution in [0, 0.1) is 5.41 Å². The van der Waals surface area contributed by atoms with Crippen molar-refractivity contribution in [2.24, 2.45) is 5.41 Å². The van der Waals surface area contributed by atoms with Gasteiger partial charge in [0.1, 0.15) is 0 Å². The third-order valence-electron chi connectivity index (χ3n) is 3.42. The van der Waals surface area contributed by atoms with E-state index in [1.165, 1.54) is 0 Å². The molecule has 1 saturated heterocycles. The highest BCUT2D eigenvalue weighted by Gasteiger charge is 2.26. The summed E-state index contributed by atoms with van der Waals surface area (Å²) in [6, 6.07) is 0. The molecule has 0 radical (unpaired) electrons. The van der Waals surface area contributed by atoms with Gasteiger partial charge in [-0.1, -0.05) is 6.42 Å². The molecule has 0 amide bonds. The van der Waals surface area contributed by atoms with Crippen LogP contribution in [0.1, 0.15) is 39.5 Å². The Hall–Kier alpha value is -0.610. The Bertz CT molecular complexity index is 233. The first kappa shape index (κ1) is 14.5. The highest BCUT2D eigenvalue weighted by Crippen LogP contribution is 2.23. The molecular formula is C13H25NO3. The van der Waals surface area contributed by atoms with Crippen molar-refractivity contribution in [1.29, 1.82) is 0 Å². The summed E-state index contributed by atoms with van der Waals surface area (Å²) in [5.74, 6) is -0.694. The van der Waals surface area contributed by atoms with Gasteiger partial charge >= 0.3 is 5.97 Å². The second-order valence-corrected chi connectivity index (χ2v) is 5.45. The van der Waals surface area contributed by atoms with Crippen molar-refractivity contribution < 1.29 is 14.6 Å². The SMILES string of the molecule is CC(C)(CCCCN1CCCOCC1)C(=O)O. The van der Waals surface area contributed by atoms with Gasteiger partial charge < -0.3 is 14.7 Å². The summed E-state index contributed by atoms with van der Waals surface area (Å²) in [5.41, 5.74) is -0.581. The van der Waals surface area contributed by atoms with Crippen LogP contribution in [0.4, 0.5) is 0 Å². The van der Waals surface area contributed by atoms with Gasteiger partial charge in [0.25, 0.3) is 0 Å². The molecular weight excluding hydrogens is 218 g/mol. The number of carbonyl (C=O) groups is 1. The quantitative estimate of drug-likeness (QED) is 0.725. The van der Waals surface area contributed by atoms with Gasteiger partial charge in [0.2, 0.25) is 0 Å². The van der Waals surface area contributed by atoms with Crippen molar-refractivity contribution in [1.82, 2.24) is 4.90 Å². The van der Waals surface area contributed by atoms with E-state index in [1.54, 1.807) is 13.8 Å². The van der Waals surface area contributed by atoms with Gasteiger partial charge in [-0.05, 0) is 39.7 Å². The van der Waals surface area contributed by atoms with Crippen molar-refractivity contribution in [3.63, 3.8) is 0 Å². The molecule has 1 aliphatic rings. The average Bonchev–Trinajstić information content (AvgIpc) is 2.52. The van der Waals surface area contributed by atoms with E-state index in [1.807, 2.05) is 0 Å². The van der Waals surface area contributed by atoms with Gasteiger partial charge in [-0.25, -0.2) is 0 Å². The molecule has 0 aromatic rings. The number of hydrogen-bond acceptors (Lipinski definition) is 3. The van der Waals surface area contributed by atoms with Crippen molar-refractivity contribution in [2.75, 3.05) is 32.8 Å². The van der Waals surface area contributed by atoms with E-state index in [0.717, 1.165) is 58.5 Å². The molecule has 0 saturated carbocycles. The summed E-state index contributed by atoms with van der Waals surface area (Å²) >= 11 is 0. The zero-order valence-corrected chi connectivity index (χ0v) is 11.1. The summed E-state index contributed by atoms with van der Waals surface area (Å²) in [4.78, 5) is 13.4. The fourth-order valence-corrected chi connectivity index (χ4v) is 2.03. The maximum Gasteiger partial charge on any atom is 0.309 e. The highest BCUT2D eigenvalue weighted by atomic mass is 16.5. The number of aliphatic carboxylic acids is 1. The van der Waals surface area contributed by atoms with Crippen LogP contribution in [0.3, 0.4) is 0 Å². The first-order valence-electron chi connectivity index (χ1n) is 6.56. The first-order valence-corrected chi connectivity index (χ1v) is 6.56. The van der Waals surface area contributed by atoms with E-state index >= 15 is 0 Å². The van der Waals surface area contributed by atoms with Crippen LogP contribution in [-0.4, -0.2) is 48.8 Å². The smallest absolute Gasteiger partial charge is 0.309 e. The molecule has 0 atom stereocenters. The van der Waals surface area contributed by atoms with Gasteiger partial charge in [-0.15, -0.1) is 0 Å². The van der Waals surface area contributed by atoms with Gasteiger partial charge in [0.15, 0.2) is 0 Å². The molecule has 1 aliphatic heterocycles. The second-order valence-electron chi connectivity index (χ2n) is 5.45. The number of carboxylic acid groups (broad SMARTS) is 1. The minimum Gasteiger partial charge on any atom is -0.481 e. The average molecular weight is 243 g/mol. The molecule has 100 valence electrons. The van der Waals surface area contributed by atoms with Crippen LogP contribution in [-0.2, 0) is 9.53 Å². The monoisotopic (exact) mass is 243 g/mol. The molecule has 1 rings (SSSR count). The van der Waals surface area contributed by atoms with E-state index in [9.17, 15) is 4.79 Å². The fourth-order valence-electron chi connectivity index (χ4n) is 2.03. The minimum atomic E-state index is -0.694. The molecule has 0 aromatic heterocycles. The molecule has 1 N–H and O–H groups in total. The first-order chi connectivity index (χ1) is 8.02. The molecule has 1 fully saturated rings. The van der Waals surface area contributed by atoms with E-state index in [2.05, 4.69) is 4.90 Å². The topological polar surface area (TPSA) is 49.8 Å². The predicted molar refractivity (Wildman–Crippen MR) is 67.1 cm³/mol. The Labute approximate surface area is 104 Å². The van der Waals surface area contributed by atoms with Crippen molar-refractivity contribution in [3.8, 4) is 0 Å². The summed E-state index contributed by atoms with van der Waals surface area (Å²) in [6.07, 6.45) is 3.93. The largest absolute Gasteiger partial charge is 0.481 e. The zero-order chi connectivity index (χ0) is 12.7. The van der Waals surface area contributed by atoms with E-state index in [0.29, 0.717) is 0 Å². The third kappa shape index (κ3) is 5.50. The van der Waals surface area contributed by atoms with Gasteiger partial charge in [0, 0.05) is 19.7 Å². The van der Waals surface area contributed by atoms with Crippen LogP contribution < -0.4 is 0 Å². The fraction of sp³-hybridized carbons (Fsp3) is 0.923. The molecule has 0 bridgehead atoms. The minimum absolute atomic E-state index is 0.581. The molecule has 0 aliphatic carbocycles. The molecule has 4 heteroatoms. The van der Waals surface area contributed by atoms with Crippen LogP contribution in [0.5, 0.6) is 0 Å². The highest BCUT2D eigenvalue weighted by molar-refractivity contribution is 5.73. The summed E-state index contributed by atoms with van der Waals surface area (Å²) in [5, 5.41) is 9.00. The number of nitrogens with zero attached hydrogens (tertiary/aromatic N) is 1. The number of carboxylic acids is 1. The zero-order valence-electron chi connectivity index (χ0n) is 11.1. The van der Waals surface area contributed by atoms with Crippen LogP contribution >= 0.6 is 0 Å².